The second-order valence-corrected chi connectivity index (χ2v) is 10.2. The number of ether oxygens (including phenoxy) is 1. The Morgan fingerprint density at radius 2 is 1.95 bits per heavy atom. The minimum Gasteiger partial charge on any atom is -0.477 e. The SMILES string of the molecule is CON=C(C(=O)NC1C(=O)N2C(C(=O)O)=C(COC(=O)N3CCN(C)CC3)CS[C@H]12)c1csc(N)n1.Cl.Cl. The van der Waals surface area contributed by atoms with Gasteiger partial charge in [0.05, 0.1) is 0 Å². The molecule has 14 nitrogen and oxygen atoms in total. The number of carboxylic acid groups (broad SMARTS) is 1. The average Bonchev–Trinajstić information content (AvgIpc) is 3.29. The van der Waals surface area contributed by atoms with Crippen molar-refractivity contribution in [2.45, 2.75) is 11.4 Å². The smallest absolute Gasteiger partial charge is 0.410 e. The van der Waals surface area contributed by atoms with Crippen LogP contribution in [0.1, 0.15) is 5.69 Å². The van der Waals surface area contributed by atoms with Crippen LogP contribution < -0.4 is 11.1 Å². The molecule has 2 fully saturated rings. The van der Waals surface area contributed by atoms with Gasteiger partial charge in [-0.3, -0.25) is 14.5 Å². The van der Waals surface area contributed by atoms with Crippen LogP contribution in [0.2, 0.25) is 0 Å². The highest BCUT2D eigenvalue weighted by atomic mass is 35.5. The van der Waals surface area contributed by atoms with Crippen LogP contribution in [0.3, 0.4) is 0 Å². The minimum absolute atomic E-state index is 0. The number of β-lactam (4-membered cyclic amide) rings is 1. The number of thiazole rings is 1. The number of nitrogens with zero attached hydrogens (tertiary/aromatic N) is 5. The number of nitrogens with one attached hydrogen (secondary N) is 1. The van der Waals surface area contributed by atoms with Gasteiger partial charge in [0.25, 0.3) is 11.8 Å². The van der Waals surface area contributed by atoms with E-state index >= 15 is 0 Å². The number of rotatable bonds is 7. The van der Waals surface area contributed by atoms with Gasteiger partial charge in [-0.2, -0.15) is 0 Å². The molecule has 4 heterocycles. The van der Waals surface area contributed by atoms with Crippen LogP contribution in [0.4, 0.5) is 9.93 Å². The molecule has 38 heavy (non-hydrogen) atoms. The van der Waals surface area contributed by atoms with Crippen molar-refractivity contribution in [2.75, 3.05) is 58.4 Å². The molecule has 1 aromatic rings. The van der Waals surface area contributed by atoms with Crippen LogP contribution in [0, 0.1) is 0 Å². The number of carboxylic acids is 1. The third-order valence-electron chi connectivity index (χ3n) is 5.83. The Labute approximate surface area is 238 Å². The Morgan fingerprint density at radius 3 is 2.53 bits per heavy atom. The first-order chi connectivity index (χ1) is 17.2. The summed E-state index contributed by atoms with van der Waals surface area (Å²) in [5.74, 6) is -2.42. The molecule has 1 aromatic heterocycles. The number of hydrogen-bond acceptors (Lipinski definition) is 12. The van der Waals surface area contributed by atoms with Crippen LogP contribution in [0.25, 0.3) is 0 Å². The number of hydrogen-bond donors (Lipinski definition) is 3. The van der Waals surface area contributed by atoms with Gasteiger partial charge in [-0.25, -0.2) is 14.6 Å². The lowest BCUT2D eigenvalue weighted by Crippen LogP contribution is -2.71. The fourth-order valence-electron chi connectivity index (χ4n) is 3.93. The highest BCUT2D eigenvalue weighted by molar-refractivity contribution is 8.00. The highest BCUT2D eigenvalue weighted by Gasteiger charge is 2.54. The molecule has 3 amide bonds. The summed E-state index contributed by atoms with van der Waals surface area (Å²) in [5, 5.41) is 17.2. The number of thioether (sulfide) groups is 1. The second kappa shape index (κ2) is 13.3. The molecule has 18 heteroatoms. The third kappa shape index (κ3) is 6.43. The number of nitrogen functional groups attached to an aromatic ring is 1. The first-order valence-electron chi connectivity index (χ1n) is 10.8. The minimum atomic E-state index is -1.32. The van der Waals surface area contributed by atoms with Crippen LogP contribution >= 0.6 is 47.9 Å². The van der Waals surface area contributed by atoms with E-state index in [9.17, 15) is 24.3 Å². The van der Waals surface area contributed by atoms with Crippen molar-refractivity contribution in [3.8, 4) is 0 Å². The number of carbonyl (C=O) groups excluding carboxylic acids is 3. The largest absolute Gasteiger partial charge is 0.477 e. The molecular weight excluding hydrogens is 585 g/mol. The lowest BCUT2D eigenvalue weighted by atomic mass is 10.0. The summed E-state index contributed by atoms with van der Waals surface area (Å²) < 4.78 is 5.36. The van der Waals surface area contributed by atoms with Gasteiger partial charge in [-0.15, -0.1) is 47.9 Å². The summed E-state index contributed by atoms with van der Waals surface area (Å²) in [6.07, 6.45) is -0.528. The van der Waals surface area contributed by atoms with E-state index in [1.54, 1.807) is 4.90 Å². The number of carbonyl (C=O) groups is 4. The van der Waals surface area contributed by atoms with Gasteiger partial charge in [0.15, 0.2) is 10.8 Å². The number of fused-ring (bicyclic) bond motifs is 1. The van der Waals surface area contributed by atoms with Crippen molar-refractivity contribution in [3.63, 3.8) is 0 Å². The molecule has 3 aliphatic rings. The topological polar surface area (TPSA) is 180 Å². The van der Waals surface area contributed by atoms with E-state index in [0.29, 0.717) is 18.7 Å². The van der Waals surface area contributed by atoms with E-state index in [4.69, 9.17) is 15.3 Å². The molecule has 0 aliphatic carbocycles. The number of piperazine rings is 1. The van der Waals surface area contributed by atoms with Crippen LogP contribution in [-0.4, -0.2) is 118 Å². The fourth-order valence-corrected chi connectivity index (χ4v) is 5.80. The molecule has 210 valence electrons. The van der Waals surface area contributed by atoms with E-state index < -0.39 is 35.3 Å². The molecule has 4 rings (SSSR count). The van der Waals surface area contributed by atoms with Gasteiger partial charge in [0.2, 0.25) is 0 Å². The number of anilines is 1. The maximum atomic E-state index is 12.9. The van der Waals surface area contributed by atoms with Gasteiger partial charge in [0, 0.05) is 42.9 Å². The Bertz CT molecular complexity index is 1140. The third-order valence-corrected chi connectivity index (χ3v) is 7.84. The lowest BCUT2D eigenvalue weighted by molar-refractivity contribution is -0.150. The summed E-state index contributed by atoms with van der Waals surface area (Å²) >= 11 is 2.37. The predicted molar refractivity (Wildman–Crippen MR) is 145 cm³/mol. The molecule has 1 unspecified atom stereocenters. The van der Waals surface area contributed by atoms with Gasteiger partial charge >= 0.3 is 12.1 Å². The molecule has 0 spiro atoms. The van der Waals surface area contributed by atoms with E-state index in [1.165, 1.54) is 24.3 Å². The van der Waals surface area contributed by atoms with Crippen molar-refractivity contribution < 1.29 is 33.9 Å². The van der Waals surface area contributed by atoms with E-state index in [2.05, 4.69) is 20.4 Å². The zero-order valence-electron chi connectivity index (χ0n) is 20.3. The van der Waals surface area contributed by atoms with Crippen molar-refractivity contribution in [2.24, 2.45) is 5.16 Å². The number of likely N-dealkylation sites (N-methyl/N-ethyl adjacent to an activating group) is 1. The molecule has 0 aromatic carbocycles. The monoisotopic (exact) mass is 611 g/mol. The van der Waals surface area contributed by atoms with Crippen molar-refractivity contribution >= 4 is 82.6 Å². The zero-order valence-corrected chi connectivity index (χ0v) is 23.6. The van der Waals surface area contributed by atoms with E-state index in [0.717, 1.165) is 29.3 Å². The Hall–Kier alpha value is -2.79. The molecule has 4 N–H and O–H groups in total. The molecule has 3 aliphatic heterocycles. The van der Waals surface area contributed by atoms with E-state index in [1.807, 2.05) is 7.05 Å². The average molecular weight is 613 g/mol. The molecular formula is C20H27Cl2N7O7S2. The molecule has 2 atom stereocenters. The summed E-state index contributed by atoms with van der Waals surface area (Å²) in [4.78, 5) is 63.7. The normalized spacial score (nSPS) is 21.4. The molecule has 0 saturated carbocycles. The first-order valence-corrected chi connectivity index (χ1v) is 12.8. The van der Waals surface area contributed by atoms with Crippen molar-refractivity contribution in [1.29, 1.82) is 0 Å². The summed E-state index contributed by atoms with van der Waals surface area (Å²) in [6, 6.07) is -0.982. The lowest BCUT2D eigenvalue weighted by Gasteiger charge is -2.49. The number of aromatic nitrogens is 1. The fraction of sp³-hybridized carbons (Fsp3) is 0.500. The van der Waals surface area contributed by atoms with Gasteiger partial charge in [-0.05, 0) is 7.05 Å². The van der Waals surface area contributed by atoms with Crippen molar-refractivity contribution in [1.82, 2.24) is 25.0 Å². The summed E-state index contributed by atoms with van der Waals surface area (Å²) in [7, 11) is 3.22. The second-order valence-electron chi connectivity index (χ2n) is 8.16. The molecule has 0 bridgehead atoms. The number of aliphatic carboxylic acids is 1. The highest BCUT2D eigenvalue weighted by Crippen LogP contribution is 2.40. The maximum Gasteiger partial charge on any atom is 0.410 e. The van der Waals surface area contributed by atoms with Crippen LogP contribution in [0.15, 0.2) is 21.8 Å². The Morgan fingerprint density at radius 1 is 1.26 bits per heavy atom. The van der Waals surface area contributed by atoms with Gasteiger partial charge in [0.1, 0.15) is 36.5 Å². The zero-order chi connectivity index (χ0) is 26.0. The molecule has 0 radical (unpaired) electrons. The number of amides is 3. The number of halogens is 2. The summed E-state index contributed by atoms with van der Waals surface area (Å²) in [6.45, 7) is 2.23. The number of nitrogens with two attached hydrogens (primary N) is 1. The standard InChI is InChI=1S/C20H25N7O7S2.2ClH/c1-25-3-5-26(6-4-25)20(32)34-7-10-8-35-17-13(16(29)27(17)14(10)18(30)31)23-15(28)12(24-33-2)11-9-36-19(21)22-11;;/h9,13,17H,3-8H2,1-2H3,(H2,21,22)(H,23,28)(H,30,31);2*1H/t13?,17-;;/m1../s1. The Kier molecular flexibility index (Phi) is 11.0. The van der Waals surface area contributed by atoms with Crippen LogP contribution in [-0.2, 0) is 24.0 Å². The predicted octanol–water partition coefficient (Wildman–Crippen LogP) is 0.0420. The number of oxime groups is 1. The first kappa shape index (κ1) is 31.4. The van der Waals surface area contributed by atoms with Gasteiger partial charge < -0.3 is 35.5 Å². The van der Waals surface area contributed by atoms with E-state index in [-0.39, 0.29) is 59.4 Å². The maximum absolute atomic E-state index is 12.9. The molecule has 2 saturated heterocycles. The Balaban J connectivity index is 0.00000253. The quantitative estimate of drug-likeness (QED) is 0.215. The van der Waals surface area contributed by atoms with Gasteiger partial charge in [-0.1, -0.05) is 5.16 Å². The van der Waals surface area contributed by atoms with Crippen LogP contribution in [0.5, 0.6) is 0 Å². The van der Waals surface area contributed by atoms with Crippen molar-refractivity contribution in [3.05, 3.63) is 22.3 Å². The summed E-state index contributed by atoms with van der Waals surface area (Å²) in [5.41, 5.74) is 5.72.